The highest BCUT2D eigenvalue weighted by Crippen LogP contribution is 2.22. The monoisotopic (exact) mass is 385 g/mol. The maximum Gasteiger partial charge on any atom is 0.333 e. The Balaban J connectivity index is 2.98. The minimum Gasteiger partial charge on any atom is -0.467 e. The number of nitrogens with one attached hydrogen (secondary N) is 1. The second-order valence-corrected chi connectivity index (χ2v) is 6.61. The first kappa shape index (κ1) is 19.6. The zero-order chi connectivity index (χ0) is 17.6. The summed E-state index contributed by atoms with van der Waals surface area (Å²) in [5.41, 5.74) is 1.94. The number of esters is 1. The Morgan fingerprint density at radius 2 is 1.96 bits per heavy atom. The van der Waals surface area contributed by atoms with Crippen LogP contribution in [0.25, 0.3) is 0 Å². The van der Waals surface area contributed by atoms with Gasteiger partial charge in [0.2, 0.25) is 5.91 Å². The van der Waals surface area contributed by atoms with Gasteiger partial charge in [-0.15, -0.1) is 0 Å². The summed E-state index contributed by atoms with van der Waals surface area (Å²) in [5.74, 6) is -0.772. The molecule has 1 amide bonds. The fourth-order valence-corrected chi connectivity index (χ4v) is 3.20. The Kier molecular flexibility index (Phi) is 7.22. The topological polar surface area (TPSA) is 64.6 Å². The highest BCUT2D eigenvalue weighted by molar-refractivity contribution is 9.10. The Morgan fingerprint density at radius 1 is 1.30 bits per heavy atom. The molecule has 0 aromatic heterocycles. The molecule has 0 saturated carbocycles. The zero-order valence-electron chi connectivity index (χ0n) is 14.3. The van der Waals surface area contributed by atoms with Crippen LogP contribution in [-0.4, -0.2) is 38.2 Å². The van der Waals surface area contributed by atoms with Crippen LogP contribution in [0, 0.1) is 6.92 Å². The van der Waals surface area contributed by atoms with Crippen LogP contribution < -0.4 is 5.32 Å². The number of hydrogen-bond donors (Lipinski definition) is 1. The second kappa shape index (κ2) is 8.45. The van der Waals surface area contributed by atoms with Gasteiger partial charge in [-0.2, -0.15) is 0 Å². The summed E-state index contributed by atoms with van der Waals surface area (Å²) >= 11 is 3.47. The third kappa shape index (κ3) is 5.04. The number of rotatable bonds is 7. The first-order valence-electron chi connectivity index (χ1n) is 7.43. The molecule has 0 fully saturated rings. The Morgan fingerprint density at radius 3 is 2.48 bits per heavy atom. The van der Waals surface area contributed by atoms with Crippen molar-refractivity contribution in [1.82, 2.24) is 5.32 Å². The van der Waals surface area contributed by atoms with E-state index in [0.29, 0.717) is 0 Å². The van der Waals surface area contributed by atoms with Crippen molar-refractivity contribution in [2.24, 2.45) is 0 Å². The zero-order valence-corrected chi connectivity index (χ0v) is 15.9. The maximum atomic E-state index is 12.4. The summed E-state index contributed by atoms with van der Waals surface area (Å²) in [6.45, 7) is 5.66. The Hall–Kier alpha value is -1.40. The molecule has 0 spiro atoms. The number of methoxy groups -OCH3 is 2. The number of carbonyl (C=O) groups is 2. The molecule has 1 atom stereocenters. The van der Waals surface area contributed by atoms with Crippen molar-refractivity contribution in [1.29, 1.82) is 0 Å². The number of halogens is 1. The van der Waals surface area contributed by atoms with Crippen LogP contribution in [-0.2, 0) is 31.9 Å². The van der Waals surface area contributed by atoms with Crippen molar-refractivity contribution in [3.63, 3.8) is 0 Å². The van der Waals surface area contributed by atoms with Gasteiger partial charge in [-0.25, -0.2) is 4.79 Å². The maximum absolute atomic E-state index is 12.4. The van der Waals surface area contributed by atoms with Gasteiger partial charge in [0.1, 0.15) is 0 Å². The summed E-state index contributed by atoms with van der Waals surface area (Å²) in [6.07, 6.45) is 1.04. The predicted octanol–water partition coefficient (Wildman–Crippen LogP) is 2.56. The quantitative estimate of drug-likeness (QED) is 0.732. The average molecular weight is 386 g/mol. The smallest absolute Gasteiger partial charge is 0.333 e. The number of hydrogen-bond acceptors (Lipinski definition) is 4. The van der Waals surface area contributed by atoms with Crippen molar-refractivity contribution in [3.8, 4) is 0 Å². The molecule has 1 N–H and O–H groups in total. The summed E-state index contributed by atoms with van der Waals surface area (Å²) in [6, 6.07) is 4.00. The van der Waals surface area contributed by atoms with Crippen LogP contribution >= 0.6 is 15.9 Å². The van der Waals surface area contributed by atoms with Gasteiger partial charge in [0.05, 0.1) is 20.1 Å². The molecule has 0 radical (unpaired) electrons. The molecule has 0 aliphatic rings. The van der Waals surface area contributed by atoms with E-state index in [0.717, 1.165) is 27.6 Å². The van der Waals surface area contributed by atoms with E-state index in [-0.39, 0.29) is 18.9 Å². The van der Waals surface area contributed by atoms with E-state index in [1.807, 2.05) is 26.0 Å². The first-order valence-corrected chi connectivity index (χ1v) is 8.23. The van der Waals surface area contributed by atoms with Crippen molar-refractivity contribution in [2.45, 2.75) is 39.2 Å². The van der Waals surface area contributed by atoms with E-state index < -0.39 is 11.5 Å². The van der Waals surface area contributed by atoms with Gasteiger partial charge in [-0.3, -0.25) is 4.79 Å². The minimum absolute atomic E-state index is 0.0470. The molecule has 0 heterocycles. The third-order valence-corrected chi connectivity index (χ3v) is 4.19. The second-order valence-electron chi connectivity index (χ2n) is 5.70. The number of benzene rings is 1. The molecule has 5 nitrogen and oxygen atoms in total. The van der Waals surface area contributed by atoms with Gasteiger partial charge in [-0.1, -0.05) is 22.9 Å². The lowest BCUT2D eigenvalue weighted by Gasteiger charge is -2.27. The SMILES string of the molecule is CCc1cc(Br)cc(C)c1CC(=O)NC(C)(COC)C(=O)OC. The lowest BCUT2D eigenvalue weighted by Crippen LogP contribution is -2.56. The fraction of sp³-hybridized carbons (Fsp3) is 0.529. The van der Waals surface area contributed by atoms with Crippen molar-refractivity contribution < 1.29 is 19.1 Å². The van der Waals surface area contributed by atoms with Crippen molar-refractivity contribution in [2.75, 3.05) is 20.8 Å². The van der Waals surface area contributed by atoms with Crippen LogP contribution in [0.4, 0.5) is 0 Å². The first-order chi connectivity index (χ1) is 10.8. The van der Waals surface area contributed by atoms with Crippen LogP contribution in [0.5, 0.6) is 0 Å². The summed E-state index contributed by atoms with van der Waals surface area (Å²) in [7, 11) is 2.76. The molecule has 1 unspecified atom stereocenters. The highest BCUT2D eigenvalue weighted by atomic mass is 79.9. The highest BCUT2D eigenvalue weighted by Gasteiger charge is 2.36. The summed E-state index contributed by atoms with van der Waals surface area (Å²) in [5, 5.41) is 2.74. The molecule has 1 rings (SSSR count). The average Bonchev–Trinajstić information content (AvgIpc) is 2.48. The van der Waals surface area contributed by atoms with E-state index in [1.54, 1.807) is 6.92 Å². The van der Waals surface area contributed by atoms with Gasteiger partial charge in [0.15, 0.2) is 5.54 Å². The van der Waals surface area contributed by atoms with E-state index in [4.69, 9.17) is 9.47 Å². The van der Waals surface area contributed by atoms with Gasteiger partial charge >= 0.3 is 5.97 Å². The molecule has 6 heteroatoms. The van der Waals surface area contributed by atoms with Crippen LogP contribution in [0.1, 0.15) is 30.5 Å². The largest absolute Gasteiger partial charge is 0.467 e. The lowest BCUT2D eigenvalue weighted by molar-refractivity contribution is -0.152. The van der Waals surface area contributed by atoms with E-state index >= 15 is 0 Å². The van der Waals surface area contributed by atoms with E-state index in [2.05, 4.69) is 21.2 Å². The van der Waals surface area contributed by atoms with Gasteiger partial charge in [0.25, 0.3) is 0 Å². The molecule has 128 valence electrons. The molecular formula is C17H24BrNO4. The molecule has 0 aliphatic carbocycles. The summed E-state index contributed by atoms with van der Waals surface area (Å²) < 4.78 is 10.8. The normalized spacial score (nSPS) is 13.3. The van der Waals surface area contributed by atoms with Gasteiger partial charge in [-0.05, 0) is 49.1 Å². The molecule has 1 aromatic carbocycles. The summed E-state index contributed by atoms with van der Waals surface area (Å²) in [4.78, 5) is 24.4. The van der Waals surface area contributed by atoms with Crippen molar-refractivity contribution >= 4 is 27.8 Å². The molecular weight excluding hydrogens is 362 g/mol. The minimum atomic E-state index is -1.20. The van der Waals surface area contributed by atoms with E-state index in [9.17, 15) is 9.59 Å². The third-order valence-electron chi connectivity index (χ3n) is 3.73. The molecule has 23 heavy (non-hydrogen) atoms. The lowest BCUT2D eigenvalue weighted by atomic mass is 9.96. The number of carbonyl (C=O) groups excluding carboxylic acids is 2. The molecule has 0 bridgehead atoms. The van der Waals surface area contributed by atoms with Crippen LogP contribution in [0.15, 0.2) is 16.6 Å². The number of amides is 1. The predicted molar refractivity (Wildman–Crippen MR) is 92.4 cm³/mol. The van der Waals surface area contributed by atoms with Gasteiger partial charge < -0.3 is 14.8 Å². The van der Waals surface area contributed by atoms with E-state index in [1.165, 1.54) is 14.2 Å². The number of aryl methyl sites for hydroxylation is 2. The number of ether oxygens (including phenoxy) is 2. The molecule has 0 aliphatic heterocycles. The van der Waals surface area contributed by atoms with Crippen LogP contribution in [0.3, 0.4) is 0 Å². The molecule has 1 aromatic rings. The van der Waals surface area contributed by atoms with Crippen molar-refractivity contribution in [3.05, 3.63) is 33.3 Å². The fourth-order valence-electron chi connectivity index (χ4n) is 2.58. The van der Waals surface area contributed by atoms with Gasteiger partial charge in [0, 0.05) is 11.6 Å². The molecule has 0 saturated heterocycles. The standard InChI is InChI=1S/C17H24BrNO4/c1-6-12-8-13(18)7-11(2)14(12)9-15(20)19-17(3,10-22-4)16(21)23-5/h7-8H,6,9-10H2,1-5H3,(H,19,20). The van der Waals surface area contributed by atoms with Crippen LogP contribution in [0.2, 0.25) is 0 Å². The Labute approximate surface area is 145 Å². The Bertz CT molecular complexity index is 588.